The highest BCUT2D eigenvalue weighted by atomic mass is 35.5. The number of nitrogens with zero attached hydrogens (tertiary/aromatic N) is 1. The first-order valence-corrected chi connectivity index (χ1v) is 10.1. The maximum atomic E-state index is 13.6. The summed E-state index contributed by atoms with van der Waals surface area (Å²) in [5, 5.41) is 3.78. The molecule has 0 fully saturated rings. The quantitative estimate of drug-likeness (QED) is 0.509. The molecule has 152 valence electrons. The summed E-state index contributed by atoms with van der Waals surface area (Å²) < 4.78 is 13.6. The van der Waals surface area contributed by atoms with Crippen molar-refractivity contribution in [3.63, 3.8) is 0 Å². The van der Waals surface area contributed by atoms with Crippen LogP contribution in [0.25, 0.3) is 0 Å². The van der Waals surface area contributed by atoms with E-state index in [1.54, 1.807) is 36.4 Å². The highest BCUT2D eigenvalue weighted by molar-refractivity contribution is 6.35. The van der Waals surface area contributed by atoms with Crippen LogP contribution < -0.4 is 5.32 Å². The van der Waals surface area contributed by atoms with Gasteiger partial charge in [0.25, 0.3) is 5.91 Å². The number of benzene rings is 3. The molecule has 4 rings (SSSR count). The number of amides is 2. The van der Waals surface area contributed by atoms with E-state index in [0.29, 0.717) is 26.9 Å². The van der Waals surface area contributed by atoms with Crippen molar-refractivity contribution in [2.45, 2.75) is 6.04 Å². The van der Waals surface area contributed by atoms with Crippen LogP contribution >= 0.6 is 34.8 Å². The lowest BCUT2D eigenvalue weighted by atomic mass is 9.95. The number of carbonyl (C=O) groups is 2. The van der Waals surface area contributed by atoms with Gasteiger partial charge >= 0.3 is 0 Å². The van der Waals surface area contributed by atoms with Crippen LogP contribution in [0.15, 0.2) is 60.7 Å². The summed E-state index contributed by atoms with van der Waals surface area (Å²) >= 11 is 18.5. The van der Waals surface area contributed by atoms with Gasteiger partial charge in [0.05, 0.1) is 16.6 Å². The summed E-state index contributed by atoms with van der Waals surface area (Å²) in [6.07, 6.45) is 0. The molecule has 30 heavy (non-hydrogen) atoms. The molecule has 1 unspecified atom stereocenters. The molecule has 0 bridgehead atoms. The number of anilines is 1. The average Bonchev–Trinajstić information content (AvgIpc) is 2.85. The molecule has 1 atom stereocenters. The van der Waals surface area contributed by atoms with E-state index in [1.165, 1.54) is 29.2 Å². The standard InChI is InChI=1S/C22H14Cl3FN2O2/c23-13-3-7-18(25)16(9-13)22(30)28-11-20(29)27-19-8-4-14(24)10-17(19)21(28)12-1-5-15(26)6-2-12/h1-10,21H,11H2,(H,27,29). The maximum absolute atomic E-state index is 13.6. The van der Waals surface area contributed by atoms with E-state index in [1.807, 2.05) is 0 Å². The van der Waals surface area contributed by atoms with Gasteiger partial charge in [-0.3, -0.25) is 9.59 Å². The number of hydrogen-bond acceptors (Lipinski definition) is 2. The zero-order chi connectivity index (χ0) is 21.4. The Labute approximate surface area is 187 Å². The van der Waals surface area contributed by atoms with Gasteiger partial charge in [-0.05, 0) is 54.1 Å². The Bertz CT molecular complexity index is 1150. The van der Waals surface area contributed by atoms with Gasteiger partial charge in [0.2, 0.25) is 5.91 Å². The van der Waals surface area contributed by atoms with Crippen molar-refractivity contribution < 1.29 is 14.0 Å². The summed E-state index contributed by atoms with van der Waals surface area (Å²) in [7, 11) is 0. The van der Waals surface area contributed by atoms with E-state index in [-0.39, 0.29) is 23.0 Å². The molecule has 0 aliphatic carbocycles. The van der Waals surface area contributed by atoms with Crippen LogP contribution in [0, 0.1) is 5.82 Å². The minimum atomic E-state index is -0.708. The first-order chi connectivity index (χ1) is 14.3. The van der Waals surface area contributed by atoms with E-state index in [9.17, 15) is 14.0 Å². The molecule has 0 spiro atoms. The Morgan fingerprint density at radius 3 is 2.37 bits per heavy atom. The van der Waals surface area contributed by atoms with E-state index >= 15 is 0 Å². The minimum Gasteiger partial charge on any atom is -0.324 e. The molecule has 8 heteroatoms. The first-order valence-electron chi connectivity index (χ1n) is 8.94. The zero-order valence-electron chi connectivity index (χ0n) is 15.3. The monoisotopic (exact) mass is 462 g/mol. The lowest BCUT2D eigenvalue weighted by Gasteiger charge is -2.31. The number of halogens is 4. The van der Waals surface area contributed by atoms with E-state index in [2.05, 4.69) is 5.32 Å². The van der Waals surface area contributed by atoms with Crippen molar-refractivity contribution in [1.82, 2.24) is 4.90 Å². The predicted octanol–water partition coefficient (Wildman–Crippen LogP) is 5.97. The van der Waals surface area contributed by atoms with Gasteiger partial charge in [-0.25, -0.2) is 4.39 Å². The maximum Gasteiger partial charge on any atom is 0.256 e. The number of carbonyl (C=O) groups excluding carboxylic acids is 2. The molecule has 1 aliphatic heterocycles. The number of fused-ring (bicyclic) bond motifs is 1. The molecule has 0 aromatic heterocycles. The molecular weight excluding hydrogens is 450 g/mol. The Morgan fingerprint density at radius 2 is 1.63 bits per heavy atom. The van der Waals surface area contributed by atoms with Crippen molar-refractivity contribution in [2.24, 2.45) is 0 Å². The summed E-state index contributed by atoms with van der Waals surface area (Å²) in [5.41, 5.74) is 1.90. The summed E-state index contributed by atoms with van der Waals surface area (Å²) in [6.45, 7) is -0.240. The number of hydrogen-bond donors (Lipinski definition) is 1. The Kier molecular flexibility index (Phi) is 5.69. The van der Waals surface area contributed by atoms with Crippen molar-refractivity contribution >= 4 is 52.3 Å². The van der Waals surface area contributed by atoms with Gasteiger partial charge in [-0.15, -0.1) is 0 Å². The average molecular weight is 464 g/mol. The van der Waals surface area contributed by atoms with Crippen LogP contribution in [-0.4, -0.2) is 23.3 Å². The highest BCUT2D eigenvalue weighted by Gasteiger charge is 2.35. The molecule has 0 radical (unpaired) electrons. The smallest absolute Gasteiger partial charge is 0.256 e. The summed E-state index contributed by atoms with van der Waals surface area (Å²) in [5.74, 6) is -1.28. The number of rotatable bonds is 2. The van der Waals surface area contributed by atoms with Crippen LogP contribution in [0.3, 0.4) is 0 Å². The van der Waals surface area contributed by atoms with Gasteiger partial charge in [-0.2, -0.15) is 0 Å². The lowest BCUT2D eigenvalue weighted by molar-refractivity contribution is -0.117. The van der Waals surface area contributed by atoms with Crippen LogP contribution in [0.4, 0.5) is 10.1 Å². The second-order valence-electron chi connectivity index (χ2n) is 6.79. The molecule has 1 heterocycles. The Morgan fingerprint density at radius 1 is 0.967 bits per heavy atom. The Hall–Kier alpha value is -2.60. The van der Waals surface area contributed by atoms with Crippen LogP contribution in [-0.2, 0) is 4.79 Å². The Balaban J connectivity index is 1.92. The van der Waals surface area contributed by atoms with Gasteiger partial charge in [0, 0.05) is 21.3 Å². The van der Waals surface area contributed by atoms with E-state index in [4.69, 9.17) is 34.8 Å². The van der Waals surface area contributed by atoms with Crippen molar-refractivity contribution in [3.8, 4) is 0 Å². The van der Waals surface area contributed by atoms with Crippen LogP contribution in [0.1, 0.15) is 27.5 Å². The molecule has 3 aromatic carbocycles. The second-order valence-corrected chi connectivity index (χ2v) is 8.07. The fourth-order valence-electron chi connectivity index (χ4n) is 3.49. The summed E-state index contributed by atoms with van der Waals surface area (Å²) in [6, 6.07) is 14.6. The molecule has 0 saturated carbocycles. The molecule has 1 N–H and O–H groups in total. The fourth-order valence-corrected chi connectivity index (χ4v) is 4.04. The van der Waals surface area contributed by atoms with Crippen LogP contribution in [0.2, 0.25) is 15.1 Å². The molecular formula is C22H14Cl3FN2O2. The molecule has 2 amide bonds. The molecule has 1 aliphatic rings. The third-order valence-electron chi connectivity index (χ3n) is 4.81. The largest absolute Gasteiger partial charge is 0.324 e. The first kappa shape index (κ1) is 20.7. The van der Waals surface area contributed by atoms with Crippen molar-refractivity contribution in [2.75, 3.05) is 11.9 Å². The van der Waals surface area contributed by atoms with Crippen molar-refractivity contribution in [1.29, 1.82) is 0 Å². The third kappa shape index (κ3) is 4.01. The minimum absolute atomic E-state index is 0.162. The van der Waals surface area contributed by atoms with E-state index in [0.717, 1.165) is 0 Å². The second kappa shape index (κ2) is 8.26. The molecule has 0 saturated heterocycles. The van der Waals surface area contributed by atoms with Crippen LogP contribution in [0.5, 0.6) is 0 Å². The predicted molar refractivity (Wildman–Crippen MR) is 116 cm³/mol. The normalized spacial score (nSPS) is 15.9. The summed E-state index contributed by atoms with van der Waals surface area (Å²) in [4.78, 5) is 27.5. The lowest BCUT2D eigenvalue weighted by Crippen LogP contribution is -2.39. The number of nitrogens with one attached hydrogen (secondary N) is 1. The van der Waals surface area contributed by atoms with Gasteiger partial charge in [0.15, 0.2) is 0 Å². The SMILES string of the molecule is O=C1CN(C(=O)c2cc(Cl)ccc2Cl)C(c2ccc(F)cc2)c2cc(Cl)ccc2N1. The van der Waals surface area contributed by atoms with Crippen molar-refractivity contribution in [3.05, 3.63) is 98.2 Å². The van der Waals surface area contributed by atoms with Gasteiger partial charge < -0.3 is 10.2 Å². The van der Waals surface area contributed by atoms with E-state index < -0.39 is 17.8 Å². The third-order valence-corrected chi connectivity index (χ3v) is 5.61. The van der Waals surface area contributed by atoms with Gasteiger partial charge in [0.1, 0.15) is 12.4 Å². The highest BCUT2D eigenvalue weighted by Crippen LogP contribution is 2.38. The molecule has 4 nitrogen and oxygen atoms in total. The molecule has 3 aromatic rings. The van der Waals surface area contributed by atoms with Gasteiger partial charge in [-0.1, -0.05) is 46.9 Å². The fraction of sp³-hybridized carbons (Fsp3) is 0.0909. The zero-order valence-corrected chi connectivity index (χ0v) is 17.6. The topological polar surface area (TPSA) is 49.4 Å².